The van der Waals surface area contributed by atoms with Crippen LogP contribution in [0.15, 0.2) is 30.7 Å². The maximum Gasteiger partial charge on any atom is 0.239 e. The van der Waals surface area contributed by atoms with Crippen molar-refractivity contribution in [3.05, 3.63) is 41.6 Å². The minimum Gasteiger partial charge on any atom is -0.436 e. The van der Waals surface area contributed by atoms with Gasteiger partial charge < -0.3 is 4.74 Å². The second-order valence-electron chi connectivity index (χ2n) is 2.87. The van der Waals surface area contributed by atoms with Crippen LogP contribution in [0.1, 0.15) is 5.69 Å². The van der Waals surface area contributed by atoms with Crippen molar-refractivity contribution in [3.8, 4) is 11.6 Å². The average molecular weight is 222 g/mol. The molecule has 5 heteroatoms. The zero-order valence-corrected chi connectivity index (χ0v) is 8.77. The highest BCUT2D eigenvalue weighted by Gasteiger charge is 2.03. The molecule has 0 aliphatic heterocycles. The number of aromatic nitrogens is 3. The van der Waals surface area contributed by atoms with Gasteiger partial charge in [-0.25, -0.2) is 0 Å². The van der Waals surface area contributed by atoms with E-state index in [2.05, 4.69) is 15.0 Å². The first-order valence-corrected chi connectivity index (χ1v) is 4.70. The molecule has 0 N–H and O–H groups in total. The molecule has 0 fully saturated rings. The lowest BCUT2D eigenvalue weighted by Gasteiger charge is -2.05. The van der Waals surface area contributed by atoms with Crippen LogP contribution in [-0.2, 0) is 0 Å². The van der Waals surface area contributed by atoms with E-state index in [-0.39, 0.29) is 0 Å². The average Bonchev–Trinajstić information content (AvgIpc) is 2.22. The van der Waals surface area contributed by atoms with Crippen molar-refractivity contribution in [1.82, 2.24) is 15.0 Å². The van der Waals surface area contributed by atoms with Crippen molar-refractivity contribution in [3.63, 3.8) is 0 Å². The fraction of sp³-hybridized carbons (Fsp3) is 0.100. The zero-order valence-electron chi connectivity index (χ0n) is 8.01. The van der Waals surface area contributed by atoms with Gasteiger partial charge in [-0.05, 0) is 19.1 Å². The number of hydrogen-bond acceptors (Lipinski definition) is 4. The van der Waals surface area contributed by atoms with Gasteiger partial charge in [0.05, 0.1) is 18.1 Å². The Balaban J connectivity index is 2.26. The first-order chi connectivity index (χ1) is 7.25. The van der Waals surface area contributed by atoms with E-state index < -0.39 is 0 Å². The number of nitrogens with zero attached hydrogens (tertiary/aromatic N) is 3. The van der Waals surface area contributed by atoms with Gasteiger partial charge in [0.25, 0.3) is 0 Å². The highest BCUT2D eigenvalue weighted by atomic mass is 35.5. The summed E-state index contributed by atoms with van der Waals surface area (Å²) in [5.41, 5.74) is 0.791. The molecule has 0 atom stereocenters. The van der Waals surface area contributed by atoms with Crippen LogP contribution in [0.2, 0.25) is 5.15 Å². The Morgan fingerprint density at radius 1 is 1.33 bits per heavy atom. The standard InChI is InChI=1S/C10H8ClN3O/c1-7-8(3-2-4-13-7)15-10-6-12-5-9(11)14-10/h2-6H,1H3. The van der Waals surface area contributed by atoms with Crippen LogP contribution in [0, 0.1) is 6.92 Å². The maximum absolute atomic E-state index is 5.68. The van der Waals surface area contributed by atoms with Gasteiger partial charge in [-0.3, -0.25) is 9.97 Å². The third kappa shape index (κ3) is 2.41. The Morgan fingerprint density at radius 3 is 2.93 bits per heavy atom. The summed E-state index contributed by atoms with van der Waals surface area (Å²) >= 11 is 5.68. The fourth-order valence-corrected chi connectivity index (χ4v) is 1.20. The van der Waals surface area contributed by atoms with E-state index in [1.807, 2.05) is 13.0 Å². The summed E-state index contributed by atoms with van der Waals surface area (Å²) in [6, 6.07) is 3.60. The number of aryl methyl sites for hydroxylation is 1. The van der Waals surface area contributed by atoms with Gasteiger partial charge in [-0.15, -0.1) is 0 Å². The molecule has 0 unspecified atom stereocenters. The Morgan fingerprint density at radius 2 is 2.20 bits per heavy atom. The molecule has 0 spiro atoms. The van der Waals surface area contributed by atoms with E-state index in [0.717, 1.165) is 5.69 Å². The summed E-state index contributed by atoms with van der Waals surface area (Å²) in [5.74, 6) is 1.01. The van der Waals surface area contributed by atoms with Crippen molar-refractivity contribution < 1.29 is 4.74 Å². The van der Waals surface area contributed by atoms with Crippen LogP contribution in [-0.4, -0.2) is 15.0 Å². The molecule has 2 heterocycles. The summed E-state index contributed by atoms with van der Waals surface area (Å²) in [5, 5.41) is 0.300. The molecule has 76 valence electrons. The summed E-state index contributed by atoms with van der Waals surface area (Å²) in [4.78, 5) is 11.9. The van der Waals surface area contributed by atoms with Crippen LogP contribution < -0.4 is 4.74 Å². The lowest BCUT2D eigenvalue weighted by molar-refractivity contribution is 0.454. The molecule has 0 saturated heterocycles. The molecule has 2 aromatic rings. The van der Waals surface area contributed by atoms with Gasteiger partial charge in [0.15, 0.2) is 10.9 Å². The third-order valence-corrected chi connectivity index (χ3v) is 1.94. The van der Waals surface area contributed by atoms with Crippen LogP contribution in [0.4, 0.5) is 0 Å². The number of ether oxygens (including phenoxy) is 1. The van der Waals surface area contributed by atoms with Crippen molar-refractivity contribution in [2.75, 3.05) is 0 Å². The van der Waals surface area contributed by atoms with Gasteiger partial charge in [0.2, 0.25) is 5.88 Å². The molecule has 0 amide bonds. The SMILES string of the molecule is Cc1ncccc1Oc1cncc(Cl)n1. The quantitative estimate of drug-likeness (QED) is 0.782. The van der Waals surface area contributed by atoms with Gasteiger partial charge in [0, 0.05) is 6.20 Å². The monoisotopic (exact) mass is 221 g/mol. The minimum atomic E-state index is 0.300. The van der Waals surface area contributed by atoms with Crippen molar-refractivity contribution in [2.45, 2.75) is 6.92 Å². The first kappa shape index (κ1) is 9.86. The molecular weight excluding hydrogens is 214 g/mol. The molecule has 0 bridgehead atoms. The molecule has 0 radical (unpaired) electrons. The van der Waals surface area contributed by atoms with Crippen LogP contribution >= 0.6 is 11.6 Å². The van der Waals surface area contributed by atoms with Crippen LogP contribution in [0.3, 0.4) is 0 Å². The van der Waals surface area contributed by atoms with Gasteiger partial charge in [-0.1, -0.05) is 11.6 Å². The highest BCUT2D eigenvalue weighted by Crippen LogP contribution is 2.21. The second kappa shape index (κ2) is 4.23. The smallest absolute Gasteiger partial charge is 0.239 e. The van der Waals surface area contributed by atoms with Crippen molar-refractivity contribution in [1.29, 1.82) is 0 Å². The molecule has 0 saturated carbocycles. The Hall–Kier alpha value is -1.68. The van der Waals surface area contributed by atoms with E-state index in [4.69, 9.17) is 16.3 Å². The largest absolute Gasteiger partial charge is 0.436 e. The van der Waals surface area contributed by atoms with E-state index in [9.17, 15) is 0 Å². The van der Waals surface area contributed by atoms with Crippen LogP contribution in [0.25, 0.3) is 0 Å². The molecule has 4 nitrogen and oxygen atoms in total. The lowest BCUT2D eigenvalue weighted by Crippen LogP contribution is -1.92. The predicted octanol–water partition coefficient (Wildman–Crippen LogP) is 2.63. The number of pyridine rings is 1. The van der Waals surface area contributed by atoms with Gasteiger partial charge in [-0.2, -0.15) is 4.98 Å². The molecule has 15 heavy (non-hydrogen) atoms. The second-order valence-corrected chi connectivity index (χ2v) is 3.26. The van der Waals surface area contributed by atoms with Gasteiger partial charge >= 0.3 is 0 Å². The number of hydrogen-bond donors (Lipinski definition) is 0. The first-order valence-electron chi connectivity index (χ1n) is 4.33. The normalized spacial score (nSPS) is 10.0. The number of halogens is 1. The lowest BCUT2D eigenvalue weighted by atomic mass is 10.3. The summed E-state index contributed by atoms with van der Waals surface area (Å²) in [7, 11) is 0. The summed E-state index contributed by atoms with van der Waals surface area (Å²) in [6.45, 7) is 1.85. The Labute approximate surface area is 91.9 Å². The Kier molecular flexibility index (Phi) is 2.78. The maximum atomic E-state index is 5.68. The van der Waals surface area contributed by atoms with E-state index in [1.165, 1.54) is 12.4 Å². The molecule has 0 aliphatic rings. The summed E-state index contributed by atoms with van der Waals surface area (Å²) in [6.07, 6.45) is 4.65. The number of rotatable bonds is 2. The minimum absolute atomic E-state index is 0.300. The topological polar surface area (TPSA) is 47.9 Å². The van der Waals surface area contributed by atoms with Crippen molar-refractivity contribution in [2.24, 2.45) is 0 Å². The highest BCUT2D eigenvalue weighted by molar-refractivity contribution is 6.29. The molecule has 2 rings (SSSR count). The fourth-order valence-electron chi connectivity index (χ4n) is 1.06. The third-order valence-electron chi connectivity index (χ3n) is 1.76. The molecule has 0 aromatic carbocycles. The molecular formula is C10H8ClN3O. The predicted molar refractivity (Wildman–Crippen MR) is 56.1 cm³/mol. The molecule has 0 aliphatic carbocycles. The van der Waals surface area contributed by atoms with E-state index in [0.29, 0.717) is 16.8 Å². The van der Waals surface area contributed by atoms with Gasteiger partial charge in [0.1, 0.15) is 0 Å². The Bertz CT molecular complexity index is 476. The van der Waals surface area contributed by atoms with E-state index in [1.54, 1.807) is 12.3 Å². The van der Waals surface area contributed by atoms with Crippen molar-refractivity contribution >= 4 is 11.6 Å². The van der Waals surface area contributed by atoms with Crippen LogP contribution in [0.5, 0.6) is 11.6 Å². The molecule has 2 aromatic heterocycles. The zero-order chi connectivity index (χ0) is 10.7. The summed E-state index contributed by atoms with van der Waals surface area (Å²) < 4.78 is 5.47. The van der Waals surface area contributed by atoms with E-state index >= 15 is 0 Å².